The number of amides is 1. The van der Waals surface area contributed by atoms with E-state index in [-0.39, 0.29) is 17.5 Å². The molecule has 8 nitrogen and oxygen atoms in total. The average Bonchev–Trinajstić information content (AvgIpc) is 2.72. The lowest BCUT2D eigenvalue weighted by Crippen LogP contribution is -2.37. The first kappa shape index (κ1) is 20.2. The summed E-state index contributed by atoms with van der Waals surface area (Å²) in [4.78, 5) is 24.1. The largest absolute Gasteiger partial charge is 0.465 e. The molecule has 2 N–H and O–H groups in total. The van der Waals surface area contributed by atoms with E-state index in [0.29, 0.717) is 24.3 Å². The maximum Gasteiger partial charge on any atom is 0.409 e. The molecule has 1 heterocycles. The fourth-order valence-electron chi connectivity index (χ4n) is 3.30. The smallest absolute Gasteiger partial charge is 0.409 e. The lowest BCUT2D eigenvalue weighted by molar-refractivity contribution is -0.383. The van der Waals surface area contributed by atoms with Crippen LogP contribution in [-0.4, -0.2) is 42.4 Å². The predicted molar refractivity (Wildman–Crippen MR) is 109 cm³/mol. The number of carbonyl (C=O) groups is 1. The minimum Gasteiger partial charge on any atom is -0.465 e. The molecule has 1 aliphatic rings. The van der Waals surface area contributed by atoms with Crippen LogP contribution in [0.15, 0.2) is 42.5 Å². The number of nitrogens with zero attached hydrogens (tertiary/aromatic N) is 2. The number of carboxylic acid groups (broad SMARTS) is 1. The van der Waals surface area contributed by atoms with Gasteiger partial charge >= 0.3 is 6.09 Å². The van der Waals surface area contributed by atoms with Gasteiger partial charge in [0.25, 0.3) is 5.69 Å². The van der Waals surface area contributed by atoms with Crippen molar-refractivity contribution in [2.75, 3.05) is 30.4 Å². The van der Waals surface area contributed by atoms with Crippen molar-refractivity contribution >= 4 is 23.2 Å². The lowest BCUT2D eigenvalue weighted by Gasteiger charge is -2.33. The molecule has 2 aromatic carbocycles. The van der Waals surface area contributed by atoms with Crippen molar-refractivity contribution < 1.29 is 19.6 Å². The summed E-state index contributed by atoms with van der Waals surface area (Å²) >= 11 is 0. The minimum absolute atomic E-state index is 0.0726. The van der Waals surface area contributed by atoms with Crippen molar-refractivity contribution in [2.24, 2.45) is 0 Å². The van der Waals surface area contributed by atoms with Crippen LogP contribution in [0.2, 0.25) is 0 Å². The predicted octanol–water partition coefficient (Wildman–Crippen LogP) is 3.70. The molecular formula is C21H21N3O5. The molecule has 1 fully saturated rings. The fraction of sp³-hybridized carbons (Fsp3) is 0.286. The molecule has 1 saturated heterocycles. The first-order chi connectivity index (χ1) is 14.0. The van der Waals surface area contributed by atoms with Crippen LogP contribution < -0.4 is 10.2 Å². The molecule has 150 valence electrons. The van der Waals surface area contributed by atoms with E-state index in [0.717, 1.165) is 18.4 Å². The summed E-state index contributed by atoms with van der Waals surface area (Å²) in [6.45, 7) is 1.37. The van der Waals surface area contributed by atoms with Crippen LogP contribution in [0, 0.1) is 22.0 Å². The van der Waals surface area contributed by atoms with Gasteiger partial charge in [0, 0.05) is 31.8 Å². The maximum atomic E-state index is 11.5. The zero-order chi connectivity index (χ0) is 20.8. The Morgan fingerprint density at radius 3 is 2.52 bits per heavy atom. The van der Waals surface area contributed by atoms with E-state index in [2.05, 4.69) is 22.1 Å². The number of methoxy groups -OCH3 is 1. The van der Waals surface area contributed by atoms with Gasteiger partial charge in [0.15, 0.2) is 0 Å². The summed E-state index contributed by atoms with van der Waals surface area (Å²) in [6, 6.07) is 12.1. The standard InChI is InChI=1S/C21H21N3O5/c1-29-17-9-11-23(12-10-17)19-14-18(22-21(25)26)20(24(27)28)13-16(19)8-7-15-5-3-2-4-6-15/h2-6,13-14,17,22H,9-12H2,1H3,(H,25,26). The minimum atomic E-state index is -1.36. The second-order valence-electron chi connectivity index (χ2n) is 6.61. The Kier molecular flexibility index (Phi) is 6.32. The number of hydrogen-bond acceptors (Lipinski definition) is 5. The second kappa shape index (κ2) is 9.08. The number of nitro groups is 1. The molecule has 8 heteroatoms. The third-order valence-electron chi connectivity index (χ3n) is 4.78. The van der Waals surface area contributed by atoms with Gasteiger partial charge in [-0.3, -0.25) is 15.4 Å². The molecule has 0 radical (unpaired) electrons. The second-order valence-corrected chi connectivity index (χ2v) is 6.61. The highest BCUT2D eigenvalue weighted by Gasteiger charge is 2.25. The molecule has 3 rings (SSSR count). The van der Waals surface area contributed by atoms with E-state index in [9.17, 15) is 14.9 Å². The number of nitro benzene ring substituents is 1. The zero-order valence-electron chi connectivity index (χ0n) is 15.9. The van der Waals surface area contributed by atoms with Gasteiger partial charge in [-0.15, -0.1) is 0 Å². The summed E-state index contributed by atoms with van der Waals surface area (Å²) < 4.78 is 5.40. The van der Waals surface area contributed by atoms with Crippen LogP contribution in [0.3, 0.4) is 0 Å². The Morgan fingerprint density at radius 1 is 1.24 bits per heavy atom. The monoisotopic (exact) mass is 395 g/mol. The van der Waals surface area contributed by atoms with Crippen molar-refractivity contribution in [3.63, 3.8) is 0 Å². The van der Waals surface area contributed by atoms with Gasteiger partial charge in [0.05, 0.1) is 22.3 Å². The highest BCUT2D eigenvalue weighted by molar-refractivity contribution is 5.89. The summed E-state index contributed by atoms with van der Waals surface area (Å²) in [5.74, 6) is 6.05. The highest BCUT2D eigenvalue weighted by atomic mass is 16.6. The zero-order valence-corrected chi connectivity index (χ0v) is 15.9. The Bertz CT molecular complexity index is 958. The number of anilines is 2. The molecule has 0 bridgehead atoms. The van der Waals surface area contributed by atoms with Gasteiger partial charge < -0.3 is 14.7 Å². The normalized spacial score (nSPS) is 14.0. The topological polar surface area (TPSA) is 105 Å². The number of piperidine rings is 1. The van der Waals surface area contributed by atoms with Crippen LogP contribution in [-0.2, 0) is 4.74 Å². The lowest BCUT2D eigenvalue weighted by atomic mass is 10.0. The van der Waals surface area contributed by atoms with E-state index < -0.39 is 11.0 Å². The van der Waals surface area contributed by atoms with Gasteiger partial charge in [-0.1, -0.05) is 30.0 Å². The Morgan fingerprint density at radius 2 is 1.93 bits per heavy atom. The van der Waals surface area contributed by atoms with E-state index in [4.69, 9.17) is 9.84 Å². The molecule has 0 unspecified atom stereocenters. The summed E-state index contributed by atoms with van der Waals surface area (Å²) in [6.07, 6.45) is 0.418. The number of hydrogen-bond donors (Lipinski definition) is 2. The van der Waals surface area contributed by atoms with Gasteiger partial charge in [-0.25, -0.2) is 4.79 Å². The molecule has 1 amide bonds. The molecule has 29 heavy (non-hydrogen) atoms. The van der Waals surface area contributed by atoms with Gasteiger partial charge in [0.1, 0.15) is 5.69 Å². The number of ether oxygens (including phenoxy) is 1. The maximum absolute atomic E-state index is 11.5. The first-order valence-electron chi connectivity index (χ1n) is 9.15. The van der Waals surface area contributed by atoms with Crippen molar-refractivity contribution in [2.45, 2.75) is 18.9 Å². The van der Waals surface area contributed by atoms with Crippen LogP contribution in [0.4, 0.5) is 21.9 Å². The summed E-state index contributed by atoms with van der Waals surface area (Å²) in [5.41, 5.74) is 1.52. The number of nitrogens with one attached hydrogen (secondary N) is 1. The van der Waals surface area contributed by atoms with Crippen LogP contribution in [0.1, 0.15) is 24.0 Å². The SMILES string of the molecule is COC1CCN(c2cc(NC(=O)O)c([N+](=O)[O-])cc2C#Cc2ccccc2)CC1. The van der Waals surface area contributed by atoms with Crippen LogP contribution in [0.25, 0.3) is 0 Å². The first-order valence-corrected chi connectivity index (χ1v) is 9.15. The van der Waals surface area contributed by atoms with Crippen molar-refractivity contribution in [3.8, 4) is 11.8 Å². The Balaban J connectivity index is 2.06. The third-order valence-corrected chi connectivity index (χ3v) is 4.78. The van der Waals surface area contributed by atoms with Crippen molar-refractivity contribution in [3.05, 3.63) is 63.7 Å². The fourth-order valence-corrected chi connectivity index (χ4v) is 3.30. The summed E-state index contributed by atoms with van der Waals surface area (Å²) in [5, 5.41) is 22.7. The van der Waals surface area contributed by atoms with Crippen molar-refractivity contribution in [1.82, 2.24) is 0 Å². The molecule has 0 atom stereocenters. The van der Waals surface area contributed by atoms with E-state index in [1.54, 1.807) is 7.11 Å². The van der Waals surface area contributed by atoms with Gasteiger partial charge in [-0.05, 0) is 31.0 Å². The van der Waals surface area contributed by atoms with E-state index in [1.807, 2.05) is 30.3 Å². The molecule has 1 aliphatic heterocycles. The van der Waals surface area contributed by atoms with Gasteiger partial charge in [0.2, 0.25) is 0 Å². The Labute approximate surface area is 168 Å². The average molecular weight is 395 g/mol. The van der Waals surface area contributed by atoms with Crippen LogP contribution in [0.5, 0.6) is 0 Å². The third kappa shape index (κ3) is 5.03. The van der Waals surface area contributed by atoms with E-state index >= 15 is 0 Å². The van der Waals surface area contributed by atoms with E-state index in [1.165, 1.54) is 12.1 Å². The molecular weight excluding hydrogens is 374 g/mol. The number of rotatable bonds is 4. The summed E-state index contributed by atoms with van der Waals surface area (Å²) in [7, 11) is 1.68. The molecule has 0 aromatic heterocycles. The van der Waals surface area contributed by atoms with Gasteiger partial charge in [-0.2, -0.15) is 0 Å². The molecule has 0 aliphatic carbocycles. The molecule has 0 saturated carbocycles. The van der Waals surface area contributed by atoms with Crippen molar-refractivity contribution in [1.29, 1.82) is 0 Å². The molecule has 0 spiro atoms. The van der Waals surface area contributed by atoms with Crippen LogP contribution >= 0.6 is 0 Å². The number of benzene rings is 2. The molecule has 2 aromatic rings. The quantitative estimate of drug-likeness (QED) is 0.465. The Hall–Kier alpha value is -3.57. The highest BCUT2D eigenvalue weighted by Crippen LogP contribution is 2.34.